The van der Waals surface area contributed by atoms with Crippen LogP contribution in [0.5, 0.6) is 0 Å². The minimum atomic E-state index is -0.608. The number of imide groups is 1. The number of piperidine rings is 1. The van der Waals surface area contributed by atoms with Crippen LogP contribution in [0, 0.1) is 0 Å². The van der Waals surface area contributed by atoms with Crippen molar-refractivity contribution >= 4 is 52.3 Å². The number of anilines is 1. The van der Waals surface area contributed by atoms with Crippen molar-refractivity contribution in [2.45, 2.75) is 70.5 Å². The number of hydrogen-bond acceptors (Lipinski definition) is 9. The van der Waals surface area contributed by atoms with Crippen molar-refractivity contribution in [2.75, 3.05) is 5.32 Å². The van der Waals surface area contributed by atoms with Crippen LogP contribution >= 0.6 is 23.2 Å². The van der Waals surface area contributed by atoms with Crippen LogP contribution in [-0.2, 0) is 20.9 Å². The molecule has 3 aromatic carbocycles. The number of hydrogen-bond donors (Lipinski definition) is 2. The molecule has 1 unspecified atom stereocenters. The van der Waals surface area contributed by atoms with Gasteiger partial charge in [-0.1, -0.05) is 59.5 Å². The second kappa shape index (κ2) is 16.0. The van der Waals surface area contributed by atoms with Gasteiger partial charge in [-0.05, 0) is 74.2 Å². The van der Waals surface area contributed by atoms with Crippen molar-refractivity contribution < 1.29 is 14.4 Å². The summed E-state index contributed by atoms with van der Waals surface area (Å²) in [4.78, 5) is 41.5. The zero-order valence-corrected chi connectivity index (χ0v) is 31.9. The second-order valence-corrected chi connectivity index (χ2v) is 14.7. The average Bonchev–Trinajstić information content (AvgIpc) is 3.97. The van der Waals surface area contributed by atoms with Crippen LogP contribution in [0.3, 0.4) is 0 Å². The fourth-order valence-corrected chi connectivity index (χ4v) is 7.45. The lowest BCUT2D eigenvalue weighted by atomic mass is 9.96. The van der Waals surface area contributed by atoms with Gasteiger partial charge in [0, 0.05) is 58.5 Å². The molecule has 0 aliphatic carbocycles. The number of amides is 3. The first-order chi connectivity index (χ1) is 27.2. The molecule has 2 atom stereocenters. The molecule has 14 nitrogen and oxygen atoms in total. The highest BCUT2D eigenvalue weighted by Crippen LogP contribution is 2.33. The molecule has 2 aliphatic rings. The van der Waals surface area contributed by atoms with E-state index in [9.17, 15) is 14.4 Å². The molecule has 0 saturated carbocycles. The highest BCUT2D eigenvalue weighted by Gasteiger charge is 2.29. The minimum Gasteiger partial charge on any atom is -0.326 e. The number of aliphatic imine (C=N–C) groups is 1. The van der Waals surface area contributed by atoms with Crippen molar-refractivity contribution in [2.24, 2.45) is 4.99 Å². The Morgan fingerprint density at radius 1 is 0.911 bits per heavy atom. The van der Waals surface area contributed by atoms with Crippen molar-refractivity contribution in [3.05, 3.63) is 113 Å². The van der Waals surface area contributed by atoms with E-state index >= 15 is 0 Å². The van der Waals surface area contributed by atoms with Gasteiger partial charge in [0.05, 0.1) is 28.8 Å². The first-order valence-corrected chi connectivity index (χ1v) is 19.2. The summed E-state index contributed by atoms with van der Waals surface area (Å²) >= 11 is 12.8. The van der Waals surface area contributed by atoms with E-state index in [4.69, 9.17) is 28.2 Å². The van der Waals surface area contributed by atoms with Crippen LogP contribution in [0.15, 0.2) is 90.6 Å². The van der Waals surface area contributed by atoms with Crippen LogP contribution in [-0.4, -0.2) is 63.0 Å². The van der Waals surface area contributed by atoms with Crippen molar-refractivity contribution in [1.82, 2.24) is 44.9 Å². The lowest BCUT2D eigenvalue weighted by Crippen LogP contribution is -2.41. The molecule has 6 aromatic rings. The Hall–Kier alpha value is -5.99. The topological polar surface area (TPSA) is 167 Å². The molecule has 56 heavy (non-hydrogen) atoms. The van der Waals surface area contributed by atoms with Crippen molar-refractivity contribution in [3.8, 4) is 28.1 Å². The van der Waals surface area contributed by atoms with Crippen LogP contribution in [0.1, 0.15) is 80.9 Å². The summed E-state index contributed by atoms with van der Waals surface area (Å²) in [5, 5.41) is 27.7. The van der Waals surface area contributed by atoms with E-state index in [0.717, 1.165) is 71.7 Å². The molecule has 0 spiro atoms. The van der Waals surface area contributed by atoms with Crippen LogP contribution in [0.2, 0.25) is 10.0 Å². The Kier molecular flexibility index (Phi) is 10.6. The zero-order valence-electron chi connectivity index (χ0n) is 30.4. The highest BCUT2D eigenvalue weighted by molar-refractivity contribution is 6.33. The molecule has 1 saturated heterocycles. The van der Waals surface area contributed by atoms with E-state index in [-0.39, 0.29) is 24.3 Å². The fourth-order valence-electron chi connectivity index (χ4n) is 7.05. The van der Waals surface area contributed by atoms with E-state index in [1.54, 1.807) is 30.7 Å². The van der Waals surface area contributed by atoms with Gasteiger partial charge >= 0.3 is 0 Å². The summed E-state index contributed by atoms with van der Waals surface area (Å²) < 4.78 is 5.41. The Labute approximate surface area is 331 Å². The summed E-state index contributed by atoms with van der Waals surface area (Å²) in [7, 11) is 0. The first kappa shape index (κ1) is 37.0. The number of halogens is 2. The monoisotopic (exact) mass is 789 g/mol. The number of benzene rings is 3. The number of aryl methyl sites for hydroxylation is 1. The molecule has 16 heteroatoms. The normalized spacial score (nSPS) is 16.4. The maximum Gasteiger partial charge on any atom is 0.251 e. The second-order valence-electron chi connectivity index (χ2n) is 13.9. The van der Waals surface area contributed by atoms with Crippen molar-refractivity contribution in [3.63, 3.8) is 0 Å². The summed E-state index contributed by atoms with van der Waals surface area (Å²) in [6.45, 7) is 2.79. The Morgan fingerprint density at radius 2 is 1.73 bits per heavy atom. The molecule has 3 aromatic heterocycles. The van der Waals surface area contributed by atoms with Crippen LogP contribution in [0.25, 0.3) is 28.1 Å². The van der Waals surface area contributed by atoms with Crippen LogP contribution in [0.4, 0.5) is 5.69 Å². The van der Waals surface area contributed by atoms with Gasteiger partial charge < -0.3 is 5.32 Å². The number of unbranched alkanes of at least 4 members (excludes halogenated alkanes) is 3. The van der Waals surface area contributed by atoms with E-state index in [1.165, 1.54) is 4.68 Å². The van der Waals surface area contributed by atoms with E-state index in [1.807, 2.05) is 46.6 Å². The predicted molar refractivity (Wildman–Crippen MR) is 212 cm³/mol. The molecule has 0 bridgehead atoms. The average molecular weight is 791 g/mol. The summed E-state index contributed by atoms with van der Waals surface area (Å²) in [6, 6.07) is 18.4. The molecule has 0 radical (unpaired) electrons. The van der Waals surface area contributed by atoms with Gasteiger partial charge in [-0.15, -0.1) is 15.3 Å². The minimum absolute atomic E-state index is 0.0886. The fraction of sp³-hybridized carbons (Fsp3) is 0.275. The standard InChI is InChI=1S/C40H37Cl2N11O3/c1-24-39-49-43-23-52(39)34-14-9-26(18-31(34)38(45-24)25-7-10-28(41)11-8-25)27-20-44-51(21-27)17-5-3-2-4-6-36(54)46-29-12-13-30(32(42)19-29)33-22-53(50-48-33)35-15-16-37(55)47-40(35)56/h7-14,18-24,35H,2-6,15-17H2,1H3,(H,46,54)(H,47,55,56)/t24-,35?/m0/s1. The molecule has 8 rings (SSSR count). The van der Waals surface area contributed by atoms with E-state index < -0.39 is 11.9 Å². The summed E-state index contributed by atoms with van der Waals surface area (Å²) in [6.07, 6.45) is 11.8. The smallest absolute Gasteiger partial charge is 0.251 e. The third-order valence-electron chi connectivity index (χ3n) is 9.98. The molecule has 284 valence electrons. The van der Waals surface area contributed by atoms with Crippen LogP contribution < -0.4 is 10.6 Å². The summed E-state index contributed by atoms with van der Waals surface area (Å²) in [5.41, 5.74) is 7.49. The van der Waals surface area contributed by atoms with Gasteiger partial charge in [0.15, 0.2) is 5.82 Å². The number of aromatic nitrogens is 8. The molecular formula is C40H37Cl2N11O3. The number of rotatable bonds is 12. The molecular weight excluding hydrogens is 753 g/mol. The third kappa shape index (κ3) is 7.88. The van der Waals surface area contributed by atoms with Gasteiger partial charge in [0.25, 0.3) is 5.91 Å². The predicted octanol–water partition coefficient (Wildman–Crippen LogP) is 7.18. The van der Waals surface area contributed by atoms with Gasteiger partial charge in [0.2, 0.25) is 11.8 Å². The molecule has 2 aliphatic heterocycles. The summed E-state index contributed by atoms with van der Waals surface area (Å²) in [5.74, 6) is -0.0111. The van der Waals surface area contributed by atoms with E-state index in [2.05, 4.69) is 60.6 Å². The van der Waals surface area contributed by atoms with Gasteiger partial charge in [-0.3, -0.25) is 33.9 Å². The highest BCUT2D eigenvalue weighted by atomic mass is 35.5. The number of nitrogens with zero attached hydrogens (tertiary/aromatic N) is 9. The zero-order chi connectivity index (χ0) is 38.8. The number of carbonyl (C=O) groups is 3. The quantitative estimate of drug-likeness (QED) is 0.0972. The van der Waals surface area contributed by atoms with Crippen molar-refractivity contribution in [1.29, 1.82) is 0 Å². The molecule has 1 fully saturated rings. The lowest BCUT2D eigenvalue weighted by molar-refractivity contribution is -0.136. The third-order valence-corrected chi connectivity index (χ3v) is 10.5. The Bertz CT molecular complexity index is 2470. The van der Waals surface area contributed by atoms with Gasteiger partial charge in [0.1, 0.15) is 24.1 Å². The Balaban J connectivity index is 0.822. The number of fused-ring (bicyclic) bond motifs is 3. The maximum atomic E-state index is 12.7. The lowest BCUT2D eigenvalue weighted by Gasteiger charge is -2.20. The number of carbonyl (C=O) groups excluding carboxylic acids is 3. The number of nitrogens with one attached hydrogen (secondary N) is 2. The SMILES string of the molecule is C[C@@H]1N=C(c2ccc(Cl)cc2)c2cc(-c3cnn(CCCCCCC(=O)Nc4ccc(-c5cn(C6CCC(=O)NC6=O)nn5)c(Cl)c4)c3)ccc2-n2cnnc21. The van der Waals surface area contributed by atoms with Gasteiger partial charge in [-0.2, -0.15) is 5.10 Å². The Morgan fingerprint density at radius 3 is 2.55 bits per heavy atom. The van der Waals surface area contributed by atoms with E-state index in [0.29, 0.717) is 39.8 Å². The first-order valence-electron chi connectivity index (χ1n) is 18.5. The molecule has 5 heterocycles. The maximum absolute atomic E-state index is 12.7. The van der Waals surface area contributed by atoms with Gasteiger partial charge in [-0.25, -0.2) is 4.68 Å². The molecule has 3 amide bonds. The largest absolute Gasteiger partial charge is 0.326 e. The molecule has 2 N–H and O–H groups in total.